The second kappa shape index (κ2) is 7.35. The van der Waals surface area contributed by atoms with Gasteiger partial charge in [0.2, 0.25) is 0 Å². The molecule has 0 atom stereocenters. The van der Waals surface area contributed by atoms with Crippen molar-refractivity contribution in [2.24, 2.45) is 0 Å². The van der Waals surface area contributed by atoms with Gasteiger partial charge in [-0.15, -0.1) is 11.3 Å². The fraction of sp³-hybridized carbons (Fsp3) is 0.0500. The molecule has 0 radical (unpaired) electrons. The summed E-state index contributed by atoms with van der Waals surface area (Å²) in [4.78, 5) is 18.1. The van der Waals surface area contributed by atoms with E-state index in [9.17, 15) is 10.1 Å². The summed E-state index contributed by atoms with van der Waals surface area (Å²) in [7, 11) is 1.61. The molecule has 28 heavy (non-hydrogen) atoms. The molecule has 0 aliphatic rings. The van der Waals surface area contributed by atoms with Gasteiger partial charge in [0.05, 0.1) is 24.1 Å². The molecule has 2 aromatic carbocycles. The van der Waals surface area contributed by atoms with Crippen molar-refractivity contribution in [1.82, 2.24) is 9.38 Å². The van der Waals surface area contributed by atoms with Crippen molar-refractivity contribution in [2.75, 3.05) is 12.4 Å². The van der Waals surface area contributed by atoms with E-state index in [1.165, 1.54) is 11.3 Å². The van der Waals surface area contributed by atoms with Crippen molar-refractivity contribution in [3.63, 3.8) is 0 Å². The topological polar surface area (TPSA) is 79.4 Å². The maximum atomic E-state index is 12.8. The van der Waals surface area contributed by atoms with Crippen molar-refractivity contribution >= 4 is 39.5 Å². The van der Waals surface area contributed by atoms with Crippen LogP contribution in [0.2, 0.25) is 5.02 Å². The molecule has 4 aromatic rings. The number of nitrogens with zero attached hydrogens (tertiary/aromatic N) is 3. The molecule has 0 unspecified atom stereocenters. The Balaban J connectivity index is 1.68. The SMILES string of the molecule is COc1cccc(-c2cn3c(C(=O)Nc4cc(Cl)ccc4C#N)csc3n2)c1. The number of carbonyl (C=O) groups is 1. The van der Waals surface area contributed by atoms with Crippen LogP contribution in [0.15, 0.2) is 54.0 Å². The molecular formula is C20H13ClN4O2S. The Morgan fingerprint density at radius 3 is 2.96 bits per heavy atom. The summed E-state index contributed by atoms with van der Waals surface area (Å²) in [6.07, 6.45) is 1.80. The summed E-state index contributed by atoms with van der Waals surface area (Å²) in [5, 5.41) is 14.1. The average molecular weight is 409 g/mol. The maximum Gasteiger partial charge on any atom is 0.273 e. The highest BCUT2D eigenvalue weighted by molar-refractivity contribution is 7.15. The summed E-state index contributed by atoms with van der Waals surface area (Å²) in [6.45, 7) is 0. The number of hydrogen-bond acceptors (Lipinski definition) is 5. The predicted molar refractivity (Wildman–Crippen MR) is 109 cm³/mol. The zero-order chi connectivity index (χ0) is 19.7. The van der Waals surface area contributed by atoms with Crippen LogP contribution in [0, 0.1) is 11.3 Å². The number of halogens is 1. The number of ether oxygens (including phenoxy) is 1. The molecule has 0 saturated carbocycles. The molecular weight excluding hydrogens is 396 g/mol. The fourth-order valence-corrected chi connectivity index (χ4v) is 3.80. The third-order valence-electron chi connectivity index (χ3n) is 4.16. The number of imidazole rings is 1. The van der Waals surface area contributed by atoms with Gasteiger partial charge in [-0.25, -0.2) is 4.98 Å². The summed E-state index contributed by atoms with van der Waals surface area (Å²) in [5.41, 5.74) is 2.76. The van der Waals surface area contributed by atoms with E-state index in [1.807, 2.05) is 30.3 Å². The average Bonchev–Trinajstić information content (AvgIpc) is 3.29. The van der Waals surface area contributed by atoms with Crippen LogP contribution in [0.4, 0.5) is 5.69 Å². The highest BCUT2D eigenvalue weighted by atomic mass is 35.5. The molecule has 0 saturated heterocycles. The van der Waals surface area contributed by atoms with Crippen molar-refractivity contribution in [1.29, 1.82) is 5.26 Å². The normalized spacial score (nSPS) is 10.6. The van der Waals surface area contributed by atoms with E-state index in [1.54, 1.807) is 41.3 Å². The second-order valence-electron chi connectivity index (χ2n) is 5.89. The highest BCUT2D eigenvalue weighted by Crippen LogP contribution is 2.27. The lowest BCUT2D eigenvalue weighted by Gasteiger charge is -2.07. The van der Waals surface area contributed by atoms with E-state index < -0.39 is 0 Å². The zero-order valence-corrected chi connectivity index (χ0v) is 16.2. The Labute approximate surface area is 169 Å². The Morgan fingerprint density at radius 1 is 1.32 bits per heavy atom. The van der Waals surface area contributed by atoms with Gasteiger partial charge < -0.3 is 10.1 Å². The van der Waals surface area contributed by atoms with Gasteiger partial charge in [-0.1, -0.05) is 23.7 Å². The number of hydrogen-bond donors (Lipinski definition) is 1. The van der Waals surface area contributed by atoms with Crippen LogP contribution in [0.1, 0.15) is 16.1 Å². The standard InChI is InChI=1S/C20H13ClN4O2S/c1-27-15-4-2-3-12(7-15)17-10-25-18(11-28-20(25)24-17)19(26)23-16-8-14(21)6-5-13(16)9-22/h2-8,10-11H,1H3,(H,23,26). The van der Waals surface area contributed by atoms with Gasteiger partial charge in [-0.3, -0.25) is 9.20 Å². The minimum Gasteiger partial charge on any atom is -0.497 e. The van der Waals surface area contributed by atoms with Crippen molar-refractivity contribution < 1.29 is 9.53 Å². The van der Waals surface area contributed by atoms with Gasteiger partial charge in [0.1, 0.15) is 17.5 Å². The lowest BCUT2D eigenvalue weighted by atomic mass is 10.1. The molecule has 0 aliphatic heterocycles. The number of methoxy groups -OCH3 is 1. The number of benzene rings is 2. The van der Waals surface area contributed by atoms with Gasteiger partial charge in [-0.05, 0) is 30.3 Å². The second-order valence-corrected chi connectivity index (χ2v) is 7.16. The molecule has 4 rings (SSSR count). The first kappa shape index (κ1) is 18.0. The van der Waals surface area contributed by atoms with Crippen LogP contribution in [0.25, 0.3) is 16.2 Å². The fourth-order valence-electron chi connectivity index (χ4n) is 2.77. The molecule has 1 N–H and O–H groups in total. The molecule has 0 spiro atoms. The first-order chi connectivity index (χ1) is 13.6. The largest absolute Gasteiger partial charge is 0.497 e. The Bertz CT molecular complexity index is 1240. The molecule has 1 amide bonds. The summed E-state index contributed by atoms with van der Waals surface area (Å²) < 4.78 is 6.99. The van der Waals surface area contributed by atoms with Crippen LogP contribution >= 0.6 is 22.9 Å². The summed E-state index contributed by atoms with van der Waals surface area (Å²) >= 11 is 7.35. The molecule has 2 heterocycles. The molecule has 138 valence electrons. The van der Waals surface area contributed by atoms with Crippen LogP contribution in [0.3, 0.4) is 0 Å². The molecule has 0 fully saturated rings. The Hall–Kier alpha value is -3.34. The van der Waals surface area contributed by atoms with E-state index in [0.717, 1.165) is 17.0 Å². The van der Waals surface area contributed by atoms with Crippen LogP contribution in [-0.2, 0) is 0 Å². The third kappa shape index (κ3) is 3.31. The van der Waals surface area contributed by atoms with E-state index in [0.29, 0.717) is 26.9 Å². The van der Waals surface area contributed by atoms with Crippen LogP contribution in [-0.4, -0.2) is 22.4 Å². The number of carbonyl (C=O) groups excluding carboxylic acids is 1. The number of nitrogens with one attached hydrogen (secondary N) is 1. The predicted octanol–water partition coefficient (Wildman–Crippen LogP) is 4.85. The van der Waals surface area contributed by atoms with Crippen molar-refractivity contribution in [3.8, 4) is 23.1 Å². The number of rotatable bonds is 4. The molecule has 0 aliphatic carbocycles. The lowest BCUT2D eigenvalue weighted by Crippen LogP contribution is -2.14. The first-order valence-electron chi connectivity index (χ1n) is 8.21. The number of amides is 1. The maximum absolute atomic E-state index is 12.8. The zero-order valence-electron chi connectivity index (χ0n) is 14.6. The molecule has 6 nitrogen and oxygen atoms in total. The first-order valence-corrected chi connectivity index (χ1v) is 9.47. The molecule has 8 heteroatoms. The van der Waals surface area contributed by atoms with E-state index in [4.69, 9.17) is 16.3 Å². The van der Waals surface area contributed by atoms with Gasteiger partial charge >= 0.3 is 0 Å². The quantitative estimate of drug-likeness (QED) is 0.523. The number of anilines is 1. The van der Waals surface area contributed by atoms with Gasteiger partial charge in [0.15, 0.2) is 4.96 Å². The lowest BCUT2D eigenvalue weighted by molar-refractivity contribution is 0.102. The minimum atomic E-state index is -0.348. The monoisotopic (exact) mass is 408 g/mol. The highest BCUT2D eigenvalue weighted by Gasteiger charge is 2.17. The van der Waals surface area contributed by atoms with E-state index >= 15 is 0 Å². The van der Waals surface area contributed by atoms with Crippen molar-refractivity contribution in [2.45, 2.75) is 0 Å². The number of thiazole rings is 1. The molecule has 0 bridgehead atoms. The van der Waals surface area contributed by atoms with Crippen molar-refractivity contribution in [3.05, 3.63) is 70.3 Å². The summed E-state index contributed by atoms with van der Waals surface area (Å²) in [5.74, 6) is 0.386. The minimum absolute atomic E-state index is 0.340. The number of aromatic nitrogens is 2. The van der Waals surface area contributed by atoms with Gasteiger partial charge in [0.25, 0.3) is 5.91 Å². The van der Waals surface area contributed by atoms with Crippen LogP contribution in [0.5, 0.6) is 5.75 Å². The van der Waals surface area contributed by atoms with Gasteiger partial charge in [0, 0.05) is 22.2 Å². The number of fused-ring (bicyclic) bond motifs is 1. The Morgan fingerprint density at radius 2 is 2.18 bits per heavy atom. The van der Waals surface area contributed by atoms with Crippen LogP contribution < -0.4 is 10.1 Å². The van der Waals surface area contributed by atoms with Gasteiger partial charge in [-0.2, -0.15) is 5.26 Å². The van der Waals surface area contributed by atoms with E-state index in [2.05, 4.69) is 10.3 Å². The number of nitriles is 1. The smallest absolute Gasteiger partial charge is 0.273 e. The molecule has 2 aromatic heterocycles. The van der Waals surface area contributed by atoms with E-state index in [-0.39, 0.29) is 5.91 Å². The Kier molecular flexibility index (Phi) is 4.74. The third-order valence-corrected chi connectivity index (χ3v) is 5.23. The summed E-state index contributed by atoms with van der Waals surface area (Å²) in [6, 6.07) is 14.3.